The average Bonchev–Trinajstić information content (AvgIpc) is 2.99. The van der Waals surface area contributed by atoms with Crippen molar-refractivity contribution in [1.29, 1.82) is 0 Å². The topological polar surface area (TPSA) is 210 Å². The van der Waals surface area contributed by atoms with Gasteiger partial charge < -0.3 is 50.5 Å². The Hall–Kier alpha value is -4.74. The molecule has 0 aromatic carbocycles. The van der Waals surface area contributed by atoms with Gasteiger partial charge in [0, 0.05) is 53.2 Å². The number of hydrogen-bond acceptors (Lipinski definition) is 10. The zero-order valence-corrected chi connectivity index (χ0v) is 28.6. The Morgan fingerprint density at radius 1 is 0.574 bits per heavy atom. The van der Waals surface area contributed by atoms with Gasteiger partial charge in [0.1, 0.15) is 19.8 Å². The van der Waals surface area contributed by atoms with Crippen LogP contribution >= 0.6 is 0 Å². The molecule has 0 radical (unpaired) electrons. The second-order valence-corrected chi connectivity index (χ2v) is 10.3. The van der Waals surface area contributed by atoms with Gasteiger partial charge in [-0.2, -0.15) is 0 Å². The van der Waals surface area contributed by atoms with Crippen molar-refractivity contribution in [3.63, 3.8) is 0 Å². The molecule has 0 saturated heterocycles. The molecule has 0 fully saturated rings. The number of nitrogens with one attached hydrogen (secondary N) is 4. The molecule has 18 heteroatoms. The molecule has 0 bridgehead atoms. The monoisotopic (exact) mass is 669 g/mol. The molecule has 0 unspecified atom stereocenters. The molecule has 0 aliphatic rings. The van der Waals surface area contributed by atoms with Gasteiger partial charge in [-0.15, -0.1) is 0 Å². The van der Waals surface area contributed by atoms with Crippen LogP contribution in [-0.2, 0) is 43.1 Å². The second-order valence-electron chi connectivity index (χ2n) is 10.3. The molecular weight excluding hydrogens is 618 g/mol. The summed E-state index contributed by atoms with van der Waals surface area (Å²) in [6.07, 6.45) is 0. The zero-order valence-electron chi connectivity index (χ0n) is 28.6. The summed E-state index contributed by atoms with van der Waals surface area (Å²) in [4.78, 5) is 106. The fraction of sp³-hybridized carbons (Fsp3) is 0.655. The van der Waals surface area contributed by atoms with Gasteiger partial charge in [0.25, 0.3) is 0 Å². The fourth-order valence-corrected chi connectivity index (χ4v) is 3.93. The highest BCUT2D eigenvalue weighted by Crippen LogP contribution is 2.08. The van der Waals surface area contributed by atoms with Gasteiger partial charge in [0.2, 0.25) is 47.3 Å². The van der Waals surface area contributed by atoms with Gasteiger partial charge in [0.15, 0.2) is 0 Å². The van der Waals surface area contributed by atoms with Gasteiger partial charge in [-0.1, -0.05) is 6.58 Å². The summed E-state index contributed by atoms with van der Waals surface area (Å²) in [5, 5.41) is 9.94. The first kappa shape index (κ1) is 42.3. The average molecular weight is 670 g/mol. The maximum absolute atomic E-state index is 13.6. The predicted octanol–water partition coefficient (Wildman–Crippen LogP) is -2.78. The van der Waals surface area contributed by atoms with Crippen molar-refractivity contribution in [1.82, 2.24) is 45.8 Å². The highest BCUT2D eigenvalue weighted by molar-refractivity contribution is 5.90. The first-order valence-corrected chi connectivity index (χ1v) is 15.1. The van der Waals surface area contributed by atoms with Crippen LogP contribution in [-0.4, -0.2) is 158 Å². The molecular formula is C29H51N9O9. The van der Waals surface area contributed by atoms with E-state index in [0.29, 0.717) is 12.2 Å². The zero-order chi connectivity index (χ0) is 36.1. The highest BCUT2D eigenvalue weighted by Gasteiger charge is 2.28. The molecule has 266 valence electrons. The quantitative estimate of drug-likeness (QED) is 0.0872. The number of methoxy groups -OCH3 is 1. The van der Waals surface area contributed by atoms with E-state index < -0.39 is 74.2 Å². The first-order valence-electron chi connectivity index (χ1n) is 15.1. The molecule has 0 aliphatic heterocycles. The number of rotatable bonds is 22. The number of hydrogen-bond donors (Lipinski definition) is 4. The van der Waals surface area contributed by atoms with Gasteiger partial charge >= 0.3 is 0 Å². The largest absolute Gasteiger partial charge is 0.364 e. The Bertz CT molecular complexity index is 1130. The van der Waals surface area contributed by atoms with Gasteiger partial charge in [-0.25, -0.2) is 0 Å². The van der Waals surface area contributed by atoms with Crippen LogP contribution < -0.4 is 21.3 Å². The van der Waals surface area contributed by atoms with Crippen molar-refractivity contribution < 1.29 is 43.1 Å². The SMILES string of the molecule is C=C(CN(CN(CC)C(=O)CN(CN(CC(=O)NCC)C(=O)CNC(C)=O)C(=O)CNC(C)=O)C(C)=O)N(COC)CC(=O)NCC. The van der Waals surface area contributed by atoms with Crippen LogP contribution in [0.3, 0.4) is 0 Å². The van der Waals surface area contributed by atoms with E-state index in [0.717, 1.165) is 9.80 Å². The molecule has 0 rings (SSSR count). The van der Waals surface area contributed by atoms with Gasteiger partial charge in [-0.05, 0) is 20.8 Å². The van der Waals surface area contributed by atoms with Crippen LogP contribution in [0.2, 0.25) is 0 Å². The molecule has 0 aromatic rings. The number of likely N-dealkylation sites (N-methyl/N-ethyl adjacent to an activating group) is 3. The van der Waals surface area contributed by atoms with Crippen molar-refractivity contribution in [3.8, 4) is 0 Å². The summed E-state index contributed by atoms with van der Waals surface area (Å²) < 4.78 is 5.18. The van der Waals surface area contributed by atoms with E-state index in [-0.39, 0.29) is 45.5 Å². The van der Waals surface area contributed by atoms with Crippen LogP contribution in [0, 0.1) is 0 Å². The van der Waals surface area contributed by atoms with E-state index in [4.69, 9.17) is 4.74 Å². The third kappa shape index (κ3) is 17.5. The van der Waals surface area contributed by atoms with E-state index in [1.807, 2.05) is 0 Å². The maximum Gasteiger partial charge on any atom is 0.243 e. The van der Waals surface area contributed by atoms with E-state index in [1.54, 1.807) is 25.7 Å². The van der Waals surface area contributed by atoms with Crippen molar-refractivity contribution >= 4 is 47.3 Å². The van der Waals surface area contributed by atoms with Crippen molar-refractivity contribution in [2.45, 2.75) is 41.5 Å². The Morgan fingerprint density at radius 3 is 1.43 bits per heavy atom. The summed E-state index contributed by atoms with van der Waals surface area (Å²) >= 11 is 0. The summed E-state index contributed by atoms with van der Waals surface area (Å²) in [6, 6.07) is 0. The molecule has 0 spiro atoms. The van der Waals surface area contributed by atoms with Crippen LogP contribution in [0.1, 0.15) is 41.5 Å². The van der Waals surface area contributed by atoms with Crippen LogP contribution in [0.4, 0.5) is 0 Å². The number of nitrogens with zero attached hydrogens (tertiary/aromatic N) is 5. The van der Waals surface area contributed by atoms with Crippen molar-refractivity contribution in [3.05, 3.63) is 12.3 Å². The molecule has 4 N–H and O–H groups in total. The summed E-state index contributed by atoms with van der Waals surface area (Å²) in [5.41, 5.74) is 0.377. The van der Waals surface area contributed by atoms with Crippen molar-refractivity contribution in [2.75, 3.05) is 86.1 Å². The minimum Gasteiger partial charge on any atom is -0.364 e. The van der Waals surface area contributed by atoms with Crippen LogP contribution in [0.15, 0.2) is 12.3 Å². The molecule has 47 heavy (non-hydrogen) atoms. The Labute approximate surface area is 276 Å². The predicted molar refractivity (Wildman–Crippen MR) is 170 cm³/mol. The first-order chi connectivity index (χ1) is 22.1. The lowest BCUT2D eigenvalue weighted by Gasteiger charge is -2.35. The Kier molecular flexibility index (Phi) is 20.4. The third-order valence-corrected chi connectivity index (χ3v) is 6.39. The number of ether oxygens (including phenoxy) is 1. The van der Waals surface area contributed by atoms with E-state index in [9.17, 15) is 38.4 Å². The number of amides is 8. The maximum atomic E-state index is 13.6. The van der Waals surface area contributed by atoms with Crippen LogP contribution in [0.5, 0.6) is 0 Å². The molecule has 8 amide bonds. The minimum absolute atomic E-state index is 0.0247. The van der Waals surface area contributed by atoms with Gasteiger partial charge in [0.05, 0.1) is 39.5 Å². The molecule has 0 heterocycles. The molecule has 0 aliphatic carbocycles. The lowest BCUT2D eigenvalue weighted by atomic mass is 10.3. The highest BCUT2D eigenvalue weighted by atomic mass is 16.5. The lowest BCUT2D eigenvalue weighted by Crippen LogP contribution is -2.55. The fourth-order valence-electron chi connectivity index (χ4n) is 3.93. The molecule has 0 saturated carbocycles. The van der Waals surface area contributed by atoms with E-state index in [1.165, 1.54) is 37.7 Å². The molecule has 0 aromatic heterocycles. The van der Waals surface area contributed by atoms with E-state index in [2.05, 4.69) is 27.8 Å². The van der Waals surface area contributed by atoms with Gasteiger partial charge in [-0.3, -0.25) is 38.4 Å². The lowest BCUT2D eigenvalue weighted by molar-refractivity contribution is -0.148. The summed E-state index contributed by atoms with van der Waals surface area (Å²) in [5.74, 6) is -4.23. The number of carbonyl (C=O) groups excluding carboxylic acids is 8. The van der Waals surface area contributed by atoms with Crippen LogP contribution in [0.25, 0.3) is 0 Å². The third-order valence-electron chi connectivity index (χ3n) is 6.39. The minimum atomic E-state index is -0.727. The Balaban J connectivity index is 6.11. The normalized spacial score (nSPS) is 10.2. The second kappa shape index (κ2) is 22.7. The van der Waals surface area contributed by atoms with Crippen molar-refractivity contribution in [2.24, 2.45) is 0 Å². The standard InChI is InChI=1S/C29H51N9O9/c1-9-30-25(42)15-36(27(44)12-32-22(5)39)19-37(28(45)13-33-23(6)40)17-29(46)34(11-3)18-35(24(7)41)14-21(4)38(20-47-8)16-26(43)31-10-2/h4,9-20H2,1-3,5-8H3,(H,30,42)(H,31,43)(H,32,39)(H,33,40). The summed E-state index contributed by atoms with van der Waals surface area (Å²) in [7, 11) is 1.45. The molecule has 18 nitrogen and oxygen atoms in total. The smallest absolute Gasteiger partial charge is 0.243 e. The molecule has 0 atom stereocenters. The summed E-state index contributed by atoms with van der Waals surface area (Å²) in [6.45, 7) is 10.8. The van der Waals surface area contributed by atoms with E-state index >= 15 is 0 Å². The number of carbonyl (C=O) groups is 8. The Morgan fingerprint density at radius 2 is 1.02 bits per heavy atom.